The predicted molar refractivity (Wildman–Crippen MR) is 68.5 cm³/mol. The number of hydrogen-bond acceptors (Lipinski definition) is 3. The van der Waals surface area contributed by atoms with Gasteiger partial charge in [0.15, 0.2) is 6.61 Å². The van der Waals surface area contributed by atoms with Crippen molar-refractivity contribution in [1.82, 2.24) is 4.90 Å². The average molecular weight is 289 g/mol. The molecule has 0 bridgehead atoms. The lowest BCUT2D eigenvalue weighted by Crippen LogP contribution is -2.35. The van der Waals surface area contributed by atoms with E-state index in [9.17, 15) is 18.3 Å². The molecule has 0 spiro atoms. The van der Waals surface area contributed by atoms with E-state index in [-0.39, 0.29) is 11.9 Å². The van der Waals surface area contributed by atoms with Crippen LogP contribution in [0, 0.1) is 0 Å². The van der Waals surface area contributed by atoms with Crippen molar-refractivity contribution in [2.45, 2.75) is 31.7 Å². The van der Waals surface area contributed by atoms with Gasteiger partial charge in [0.25, 0.3) is 0 Å². The summed E-state index contributed by atoms with van der Waals surface area (Å²) >= 11 is 0. The first-order chi connectivity index (χ1) is 9.44. The summed E-state index contributed by atoms with van der Waals surface area (Å²) in [4.78, 5) is 2.11. The quantitative estimate of drug-likeness (QED) is 0.924. The summed E-state index contributed by atoms with van der Waals surface area (Å²) in [5.74, 6) is 0.274. The van der Waals surface area contributed by atoms with Crippen molar-refractivity contribution in [2.75, 3.05) is 19.7 Å². The molecule has 0 unspecified atom stereocenters. The number of ether oxygens (including phenoxy) is 1. The fourth-order valence-corrected chi connectivity index (χ4v) is 2.25. The smallest absolute Gasteiger partial charge is 0.422 e. The summed E-state index contributed by atoms with van der Waals surface area (Å²) in [6.45, 7) is 0.757. The number of para-hydroxylation sites is 1. The molecule has 1 saturated heterocycles. The Hall–Kier alpha value is -1.27. The Bertz CT molecular complexity index is 429. The van der Waals surface area contributed by atoms with Crippen LogP contribution in [0.25, 0.3) is 0 Å². The van der Waals surface area contributed by atoms with Gasteiger partial charge in [-0.15, -0.1) is 0 Å². The average Bonchev–Trinajstić information content (AvgIpc) is 2.39. The molecule has 3 nitrogen and oxygen atoms in total. The second-order valence-corrected chi connectivity index (χ2v) is 5.02. The molecule has 1 fully saturated rings. The number of halogens is 3. The second-order valence-electron chi connectivity index (χ2n) is 5.02. The lowest BCUT2D eigenvalue weighted by atomic mass is 10.1. The molecule has 1 N–H and O–H groups in total. The molecule has 1 aliphatic heterocycles. The number of hydrogen-bond donors (Lipinski definition) is 1. The Morgan fingerprint density at radius 3 is 2.50 bits per heavy atom. The van der Waals surface area contributed by atoms with E-state index in [0.717, 1.165) is 18.7 Å². The molecule has 0 amide bonds. The van der Waals surface area contributed by atoms with Crippen molar-refractivity contribution in [3.63, 3.8) is 0 Å². The number of aliphatic hydroxyl groups excluding tert-OH is 1. The summed E-state index contributed by atoms with van der Waals surface area (Å²) in [5.41, 5.74) is 0.744. The maximum Gasteiger partial charge on any atom is 0.422 e. The first-order valence-corrected chi connectivity index (χ1v) is 6.62. The lowest BCUT2D eigenvalue weighted by Gasteiger charge is -2.29. The zero-order chi connectivity index (χ0) is 14.6. The van der Waals surface area contributed by atoms with Crippen LogP contribution in [-0.2, 0) is 6.54 Å². The van der Waals surface area contributed by atoms with Gasteiger partial charge >= 0.3 is 6.18 Å². The van der Waals surface area contributed by atoms with E-state index in [1.807, 2.05) is 0 Å². The van der Waals surface area contributed by atoms with Gasteiger partial charge in [-0.05, 0) is 18.9 Å². The van der Waals surface area contributed by atoms with E-state index in [2.05, 4.69) is 4.90 Å². The highest BCUT2D eigenvalue weighted by Crippen LogP contribution is 2.24. The standard InChI is InChI=1S/C14H18F3NO2/c15-14(16,17)10-20-13-4-2-1-3-11(13)9-18-7-5-12(19)6-8-18/h1-4,12,19H,5-10H2. The van der Waals surface area contributed by atoms with Crippen LogP contribution >= 0.6 is 0 Å². The van der Waals surface area contributed by atoms with Gasteiger partial charge in [-0.2, -0.15) is 13.2 Å². The summed E-state index contributed by atoms with van der Waals surface area (Å²) in [5, 5.41) is 9.45. The molecule has 0 radical (unpaired) electrons. The minimum absolute atomic E-state index is 0.261. The van der Waals surface area contributed by atoms with Crippen molar-refractivity contribution in [1.29, 1.82) is 0 Å². The van der Waals surface area contributed by atoms with E-state index >= 15 is 0 Å². The van der Waals surface area contributed by atoms with Crippen LogP contribution in [0.2, 0.25) is 0 Å². The second kappa shape index (κ2) is 6.45. The number of likely N-dealkylation sites (tertiary alicyclic amines) is 1. The third kappa shape index (κ3) is 4.68. The Morgan fingerprint density at radius 1 is 1.20 bits per heavy atom. The summed E-state index contributed by atoms with van der Waals surface area (Å²) < 4.78 is 41.5. The minimum atomic E-state index is -4.33. The maximum atomic E-state index is 12.2. The highest BCUT2D eigenvalue weighted by molar-refractivity contribution is 5.33. The van der Waals surface area contributed by atoms with E-state index in [1.165, 1.54) is 0 Å². The highest BCUT2D eigenvalue weighted by Gasteiger charge is 2.29. The normalized spacial score (nSPS) is 18.2. The zero-order valence-corrected chi connectivity index (χ0v) is 11.1. The molecule has 112 valence electrons. The van der Waals surface area contributed by atoms with Gasteiger partial charge in [0.2, 0.25) is 0 Å². The number of rotatable bonds is 4. The van der Waals surface area contributed by atoms with Crippen LogP contribution in [0.1, 0.15) is 18.4 Å². The molecule has 1 heterocycles. The molecule has 6 heteroatoms. The zero-order valence-electron chi connectivity index (χ0n) is 11.1. The van der Waals surface area contributed by atoms with Gasteiger partial charge < -0.3 is 9.84 Å². The van der Waals surface area contributed by atoms with Gasteiger partial charge in [0.05, 0.1) is 6.10 Å². The largest absolute Gasteiger partial charge is 0.484 e. The molecule has 1 aromatic rings. The molecule has 0 aliphatic carbocycles. The summed E-state index contributed by atoms with van der Waals surface area (Å²) in [6, 6.07) is 6.78. The fourth-order valence-electron chi connectivity index (χ4n) is 2.25. The Labute approximate surface area is 116 Å². The van der Waals surface area contributed by atoms with Crippen molar-refractivity contribution in [3.8, 4) is 5.75 Å². The van der Waals surface area contributed by atoms with Crippen molar-refractivity contribution in [2.24, 2.45) is 0 Å². The number of aliphatic hydroxyl groups is 1. The predicted octanol–water partition coefficient (Wildman–Crippen LogP) is 2.58. The molecule has 1 aromatic carbocycles. The molecule has 0 aromatic heterocycles. The van der Waals surface area contributed by atoms with Crippen LogP contribution in [0.4, 0.5) is 13.2 Å². The Morgan fingerprint density at radius 2 is 1.85 bits per heavy atom. The van der Waals surface area contributed by atoms with Gasteiger partial charge in [0, 0.05) is 25.2 Å². The molecule has 2 rings (SSSR count). The van der Waals surface area contributed by atoms with E-state index in [0.29, 0.717) is 19.4 Å². The minimum Gasteiger partial charge on any atom is -0.484 e. The fraction of sp³-hybridized carbons (Fsp3) is 0.571. The monoisotopic (exact) mass is 289 g/mol. The number of piperidine rings is 1. The lowest BCUT2D eigenvalue weighted by molar-refractivity contribution is -0.153. The van der Waals surface area contributed by atoms with Crippen LogP contribution in [0.3, 0.4) is 0 Å². The molecular formula is C14H18F3NO2. The first-order valence-electron chi connectivity index (χ1n) is 6.62. The summed E-state index contributed by atoms with van der Waals surface area (Å²) in [6.07, 6.45) is -3.19. The molecule has 1 aliphatic rings. The van der Waals surface area contributed by atoms with E-state index in [1.54, 1.807) is 24.3 Å². The Balaban J connectivity index is 1.97. The van der Waals surface area contributed by atoms with Crippen LogP contribution < -0.4 is 4.74 Å². The van der Waals surface area contributed by atoms with Crippen molar-refractivity contribution >= 4 is 0 Å². The van der Waals surface area contributed by atoms with Crippen LogP contribution in [-0.4, -0.2) is 42.0 Å². The van der Waals surface area contributed by atoms with Gasteiger partial charge in [0.1, 0.15) is 5.75 Å². The Kier molecular flexibility index (Phi) is 4.88. The van der Waals surface area contributed by atoms with Crippen molar-refractivity contribution in [3.05, 3.63) is 29.8 Å². The van der Waals surface area contributed by atoms with Gasteiger partial charge in [-0.1, -0.05) is 18.2 Å². The SMILES string of the molecule is OC1CCN(Cc2ccccc2OCC(F)(F)F)CC1. The third-order valence-electron chi connectivity index (χ3n) is 3.31. The number of alkyl halides is 3. The molecule has 0 saturated carbocycles. The topological polar surface area (TPSA) is 32.7 Å². The van der Waals surface area contributed by atoms with Gasteiger partial charge in [-0.3, -0.25) is 4.90 Å². The molecular weight excluding hydrogens is 271 g/mol. The van der Waals surface area contributed by atoms with Crippen LogP contribution in [0.15, 0.2) is 24.3 Å². The first kappa shape index (κ1) is 15.1. The summed E-state index contributed by atoms with van der Waals surface area (Å²) in [7, 11) is 0. The van der Waals surface area contributed by atoms with Crippen LogP contribution in [0.5, 0.6) is 5.75 Å². The third-order valence-corrected chi connectivity index (χ3v) is 3.31. The van der Waals surface area contributed by atoms with E-state index in [4.69, 9.17) is 4.74 Å². The van der Waals surface area contributed by atoms with Gasteiger partial charge in [-0.25, -0.2) is 0 Å². The maximum absolute atomic E-state index is 12.2. The van der Waals surface area contributed by atoms with E-state index < -0.39 is 12.8 Å². The molecule has 20 heavy (non-hydrogen) atoms. The number of nitrogens with zero attached hydrogens (tertiary/aromatic N) is 1. The number of benzene rings is 1. The van der Waals surface area contributed by atoms with Crippen molar-refractivity contribution < 1.29 is 23.0 Å². The molecule has 0 atom stereocenters. The highest BCUT2D eigenvalue weighted by atomic mass is 19.4.